The summed E-state index contributed by atoms with van der Waals surface area (Å²) in [7, 11) is -3.73. The predicted octanol–water partition coefficient (Wildman–Crippen LogP) is 4.07. The van der Waals surface area contributed by atoms with Gasteiger partial charge in [-0.15, -0.1) is 0 Å². The lowest BCUT2D eigenvalue weighted by atomic mass is 10.2. The zero-order chi connectivity index (χ0) is 24.0. The number of fused-ring (bicyclic) bond motifs is 1. The summed E-state index contributed by atoms with van der Waals surface area (Å²) < 4.78 is 44.9. The summed E-state index contributed by atoms with van der Waals surface area (Å²) in [5.74, 6) is 1.25. The maximum Gasteiger partial charge on any atom is 0.248 e. The molecule has 0 atom stereocenters. The molecule has 2 aromatic rings. The lowest BCUT2D eigenvalue weighted by Crippen LogP contribution is -2.35. The number of sulfonamides is 1. The fraction of sp³-hybridized carbons (Fsp3) is 0.400. The number of carbonyl (C=O) groups excluding carboxylic acids is 1. The first-order valence-corrected chi connectivity index (χ1v) is 13.1. The number of ether oxygens (including phenoxy) is 3. The summed E-state index contributed by atoms with van der Waals surface area (Å²) in [6.07, 6.45) is 6.59. The maximum atomic E-state index is 13.3. The van der Waals surface area contributed by atoms with Crippen LogP contribution in [0.25, 0.3) is 6.08 Å². The molecule has 0 unspecified atom stereocenters. The molecule has 9 heteroatoms. The second-order valence-corrected chi connectivity index (χ2v) is 10.0. The van der Waals surface area contributed by atoms with E-state index in [-0.39, 0.29) is 16.6 Å². The Balaban J connectivity index is 1.50. The van der Waals surface area contributed by atoms with Gasteiger partial charge in [-0.25, -0.2) is 8.42 Å². The minimum Gasteiger partial charge on any atom is -0.492 e. The third kappa shape index (κ3) is 5.71. The molecule has 4 rings (SSSR count). The lowest BCUT2D eigenvalue weighted by Gasteiger charge is -2.26. The molecule has 0 aliphatic carbocycles. The predicted molar refractivity (Wildman–Crippen MR) is 130 cm³/mol. The molecule has 1 fully saturated rings. The zero-order valence-electron chi connectivity index (χ0n) is 19.3. The number of benzene rings is 2. The highest BCUT2D eigenvalue weighted by Gasteiger charge is 2.29. The molecule has 0 saturated carbocycles. The molecule has 2 aromatic carbocycles. The number of amides is 1. The number of anilines is 1. The molecule has 0 bridgehead atoms. The summed E-state index contributed by atoms with van der Waals surface area (Å²) in [6, 6.07) is 10.2. The van der Waals surface area contributed by atoms with Gasteiger partial charge in [-0.3, -0.25) is 4.79 Å². The third-order valence-corrected chi connectivity index (χ3v) is 7.56. The van der Waals surface area contributed by atoms with Gasteiger partial charge in [-0.1, -0.05) is 12.5 Å². The Bertz CT molecular complexity index is 1160. The summed E-state index contributed by atoms with van der Waals surface area (Å²) in [5.41, 5.74) is 1.17. The van der Waals surface area contributed by atoms with Crippen molar-refractivity contribution in [2.75, 3.05) is 38.2 Å². The number of rotatable bonds is 7. The summed E-state index contributed by atoms with van der Waals surface area (Å²) in [4.78, 5) is 12.6. The Morgan fingerprint density at radius 2 is 1.79 bits per heavy atom. The van der Waals surface area contributed by atoms with Crippen molar-refractivity contribution in [2.45, 2.75) is 37.5 Å². The van der Waals surface area contributed by atoms with E-state index in [1.54, 1.807) is 25.1 Å². The smallest absolute Gasteiger partial charge is 0.248 e. The summed E-state index contributed by atoms with van der Waals surface area (Å²) in [6.45, 7) is 4.32. The van der Waals surface area contributed by atoms with Crippen LogP contribution in [0.3, 0.4) is 0 Å². The van der Waals surface area contributed by atoms with Crippen molar-refractivity contribution in [2.24, 2.45) is 0 Å². The van der Waals surface area contributed by atoms with Crippen molar-refractivity contribution < 1.29 is 27.4 Å². The first-order chi connectivity index (χ1) is 16.5. The number of nitrogens with one attached hydrogen (secondary N) is 1. The van der Waals surface area contributed by atoms with Crippen LogP contribution in [0.15, 0.2) is 47.4 Å². The van der Waals surface area contributed by atoms with E-state index < -0.39 is 10.0 Å². The first-order valence-electron chi connectivity index (χ1n) is 11.6. The molecule has 2 aliphatic rings. The van der Waals surface area contributed by atoms with Crippen LogP contribution < -0.4 is 19.5 Å². The number of piperidine rings is 1. The van der Waals surface area contributed by atoms with E-state index in [2.05, 4.69) is 5.32 Å². The van der Waals surface area contributed by atoms with Gasteiger partial charge < -0.3 is 19.5 Å². The minimum atomic E-state index is -3.73. The minimum absolute atomic E-state index is 0.0703. The molecule has 1 amide bonds. The Labute approximate surface area is 200 Å². The largest absolute Gasteiger partial charge is 0.492 e. The molecule has 2 heterocycles. The van der Waals surface area contributed by atoms with Gasteiger partial charge in [0.15, 0.2) is 11.5 Å². The Hall–Kier alpha value is -3.04. The molecule has 1 saturated heterocycles. The number of carbonyl (C=O) groups is 1. The van der Waals surface area contributed by atoms with Gasteiger partial charge in [0.2, 0.25) is 15.9 Å². The van der Waals surface area contributed by atoms with Gasteiger partial charge in [0, 0.05) is 31.3 Å². The van der Waals surface area contributed by atoms with Crippen LogP contribution in [0.4, 0.5) is 5.69 Å². The molecule has 2 aliphatic heterocycles. The highest BCUT2D eigenvalue weighted by atomic mass is 32.2. The zero-order valence-corrected chi connectivity index (χ0v) is 20.1. The van der Waals surface area contributed by atoms with E-state index in [1.807, 2.05) is 18.2 Å². The van der Waals surface area contributed by atoms with Crippen LogP contribution in [-0.2, 0) is 14.8 Å². The van der Waals surface area contributed by atoms with Crippen LogP contribution in [0.2, 0.25) is 0 Å². The van der Waals surface area contributed by atoms with E-state index in [4.69, 9.17) is 14.2 Å². The van der Waals surface area contributed by atoms with Crippen LogP contribution in [0.5, 0.6) is 17.2 Å². The standard InChI is InChI=1S/C25H30N2O6S/c1-2-31-22-11-9-20(18-24(22)34(29,30)27-13-4-3-5-14-27)26-25(28)12-8-19-7-10-21-23(17-19)33-16-6-15-32-21/h7-12,17-18H,2-6,13-16H2,1H3,(H,26,28)/b12-8+. The van der Waals surface area contributed by atoms with Gasteiger partial charge in [0.1, 0.15) is 10.6 Å². The average Bonchev–Trinajstić information content (AvgIpc) is 3.09. The van der Waals surface area contributed by atoms with Crippen molar-refractivity contribution in [3.63, 3.8) is 0 Å². The SMILES string of the molecule is CCOc1ccc(NC(=O)/C=C/c2ccc3c(c2)OCCCO3)cc1S(=O)(=O)N1CCCCC1. The lowest BCUT2D eigenvalue weighted by molar-refractivity contribution is -0.111. The van der Waals surface area contributed by atoms with Gasteiger partial charge in [0.05, 0.1) is 19.8 Å². The van der Waals surface area contributed by atoms with Crippen LogP contribution in [0.1, 0.15) is 38.2 Å². The van der Waals surface area contributed by atoms with E-state index in [9.17, 15) is 13.2 Å². The number of hydrogen-bond acceptors (Lipinski definition) is 6. The highest BCUT2D eigenvalue weighted by molar-refractivity contribution is 7.89. The molecule has 182 valence electrons. The first kappa shape index (κ1) is 24.1. The Kier molecular flexibility index (Phi) is 7.74. The van der Waals surface area contributed by atoms with Gasteiger partial charge in [0.25, 0.3) is 0 Å². The van der Waals surface area contributed by atoms with Gasteiger partial charge >= 0.3 is 0 Å². The van der Waals surface area contributed by atoms with Crippen molar-refractivity contribution in [1.29, 1.82) is 0 Å². The van der Waals surface area contributed by atoms with Gasteiger partial charge in [-0.2, -0.15) is 4.31 Å². The Morgan fingerprint density at radius 3 is 2.56 bits per heavy atom. The second kappa shape index (κ2) is 10.9. The van der Waals surface area contributed by atoms with Crippen LogP contribution in [0, 0.1) is 0 Å². The summed E-state index contributed by atoms with van der Waals surface area (Å²) in [5, 5.41) is 2.75. The number of nitrogens with zero attached hydrogens (tertiary/aromatic N) is 1. The monoisotopic (exact) mass is 486 g/mol. The molecular weight excluding hydrogens is 456 g/mol. The molecule has 0 aromatic heterocycles. The van der Waals surface area contributed by atoms with E-state index in [1.165, 1.54) is 16.4 Å². The normalized spacial score (nSPS) is 16.7. The maximum absolute atomic E-state index is 13.3. The van der Waals surface area contributed by atoms with E-state index in [0.29, 0.717) is 50.1 Å². The molecular formula is C25H30N2O6S. The second-order valence-electron chi connectivity index (χ2n) is 8.14. The van der Waals surface area contributed by atoms with Crippen molar-refractivity contribution in [1.82, 2.24) is 4.31 Å². The summed E-state index contributed by atoms with van der Waals surface area (Å²) >= 11 is 0. The molecule has 1 N–H and O–H groups in total. The topological polar surface area (TPSA) is 94.2 Å². The van der Waals surface area contributed by atoms with E-state index in [0.717, 1.165) is 31.2 Å². The molecule has 34 heavy (non-hydrogen) atoms. The Morgan fingerprint density at radius 1 is 1.03 bits per heavy atom. The van der Waals surface area contributed by atoms with E-state index >= 15 is 0 Å². The van der Waals surface area contributed by atoms with Crippen molar-refractivity contribution >= 4 is 27.7 Å². The third-order valence-electron chi connectivity index (χ3n) is 5.64. The van der Waals surface area contributed by atoms with Crippen molar-refractivity contribution in [3.05, 3.63) is 48.0 Å². The number of hydrogen-bond donors (Lipinski definition) is 1. The highest BCUT2D eigenvalue weighted by Crippen LogP contribution is 2.32. The quantitative estimate of drug-likeness (QED) is 0.593. The molecule has 8 nitrogen and oxygen atoms in total. The fourth-order valence-corrected chi connectivity index (χ4v) is 5.62. The van der Waals surface area contributed by atoms with Gasteiger partial charge in [-0.05, 0) is 61.7 Å². The van der Waals surface area contributed by atoms with Crippen LogP contribution >= 0.6 is 0 Å². The van der Waals surface area contributed by atoms with Crippen LogP contribution in [-0.4, -0.2) is 51.5 Å². The fourth-order valence-electron chi connectivity index (χ4n) is 3.95. The molecule has 0 spiro atoms. The average molecular weight is 487 g/mol. The molecule has 0 radical (unpaired) electrons. The van der Waals surface area contributed by atoms with Crippen molar-refractivity contribution in [3.8, 4) is 17.2 Å².